The van der Waals surface area contributed by atoms with Gasteiger partial charge < -0.3 is 10.2 Å². The molecule has 0 heterocycles. The first-order chi connectivity index (χ1) is 4.91. The molecule has 0 aliphatic carbocycles. The number of rotatable bonds is 2. The van der Waals surface area contributed by atoms with Gasteiger partial charge in [0.15, 0.2) is 0 Å². The van der Waals surface area contributed by atoms with Crippen LogP contribution < -0.4 is 0 Å². The Bertz CT molecular complexity index is 179. The minimum absolute atomic E-state index is 0. The predicted octanol–water partition coefficient (Wildman–Crippen LogP) is 0.677. The van der Waals surface area contributed by atoms with Crippen LogP contribution in [0.25, 0.3) is 0 Å². The summed E-state index contributed by atoms with van der Waals surface area (Å²) < 4.78 is 0. The molecule has 0 unspecified atom stereocenters. The molecule has 0 spiro atoms. The van der Waals surface area contributed by atoms with Gasteiger partial charge in [-0.1, -0.05) is 13.2 Å². The maximum atomic E-state index is 9.60. The third kappa shape index (κ3) is 33.9. The van der Waals surface area contributed by atoms with Gasteiger partial charge in [-0.05, 0) is 6.92 Å². The van der Waals surface area contributed by atoms with Gasteiger partial charge in [-0.15, -0.1) is 12.4 Å². The van der Waals surface area contributed by atoms with Crippen LogP contribution in [0.3, 0.4) is 0 Å². The van der Waals surface area contributed by atoms with E-state index in [2.05, 4.69) is 13.2 Å². The first-order valence-electron chi connectivity index (χ1n) is 2.66. The van der Waals surface area contributed by atoms with E-state index in [9.17, 15) is 9.59 Å². The first-order valence-corrected chi connectivity index (χ1v) is 2.66. The second kappa shape index (κ2) is 14.2. The van der Waals surface area contributed by atoms with Crippen LogP contribution in [0.5, 0.6) is 0 Å². The van der Waals surface area contributed by atoms with E-state index in [4.69, 9.17) is 10.2 Å². The van der Waals surface area contributed by atoms with Crippen LogP contribution in [-0.2, 0) is 9.59 Å². The van der Waals surface area contributed by atoms with Crippen molar-refractivity contribution in [3.05, 3.63) is 24.8 Å². The third-order valence-corrected chi connectivity index (χ3v) is 0.540. The Labute approximate surface area is 105 Å². The number of carbonyl (C=O) groups is 2. The molecule has 0 aromatic heterocycles. The van der Waals surface area contributed by atoms with E-state index >= 15 is 0 Å². The molecule has 0 aromatic carbocycles. The fraction of sp³-hybridized carbons (Fsp3) is 0.143. The van der Waals surface area contributed by atoms with Crippen molar-refractivity contribution >= 4 is 53.9 Å². The number of hydrogen-bond donors (Lipinski definition) is 2. The number of aliphatic carboxylic acids is 2. The van der Waals surface area contributed by atoms with Crippen LogP contribution in [-0.4, -0.2) is 51.7 Å². The Balaban J connectivity index is -0.0000000546. The van der Waals surface area contributed by atoms with Crippen LogP contribution in [0.1, 0.15) is 6.92 Å². The summed E-state index contributed by atoms with van der Waals surface area (Å²) in [5, 5.41) is 15.5. The van der Waals surface area contributed by atoms with Crippen LogP contribution in [0, 0.1) is 0 Å². The molecule has 0 aliphatic rings. The summed E-state index contributed by atoms with van der Waals surface area (Å²) in [6, 6.07) is 0. The maximum absolute atomic E-state index is 9.60. The Hall–Kier alpha value is -0.290. The Morgan fingerprint density at radius 1 is 1.31 bits per heavy atom. The molecule has 0 rings (SSSR count). The first kappa shape index (κ1) is 23.0. The second-order valence-electron chi connectivity index (χ2n) is 1.63. The Kier molecular flexibility index (Phi) is 25.2. The average Bonchev–Trinajstić information content (AvgIpc) is 1.89. The summed E-state index contributed by atoms with van der Waals surface area (Å²) in [6.07, 6.45) is 0.833. The molecule has 13 heavy (non-hydrogen) atoms. The van der Waals surface area contributed by atoms with E-state index in [1.807, 2.05) is 0 Å². The van der Waals surface area contributed by atoms with E-state index in [1.165, 1.54) is 6.92 Å². The molecule has 0 atom stereocenters. The summed E-state index contributed by atoms with van der Waals surface area (Å²) in [7, 11) is 0. The molecule has 6 heteroatoms. The van der Waals surface area contributed by atoms with E-state index < -0.39 is 11.9 Å². The fourth-order valence-electron chi connectivity index (χ4n) is 0. The van der Waals surface area contributed by atoms with E-state index in [0.29, 0.717) is 0 Å². The average molecular weight is 219 g/mol. The fourth-order valence-corrected chi connectivity index (χ4v) is 0. The topological polar surface area (TPSA) is 74.6 Å². The third-order valence-electron chi connectivity index (χ3n) is 0.540. The Morgan fingerprint density at radius 2 is 1.46 bits per heavy atom. The SMILES string of the molecule is C=C(C)C(=O)O.C=CC(=O)O.Cl.[NaH]. The van der Waals surface area contributed by atoms with Gasteiger partial charge in [-0.2, -0.15) is 0 Å². The summed E-state index contributed by atoms with van der Waals surface area (Å²) in [6.45, 7) is 7.56. The van der Waals surface area contributed by atoms with Gasteiger partial charge in [0, 0.05) is 11.6 Å². The molecule has 0 aromatic rings. The van der Waals surface area contributed by atoms with Crippen LogP contribution in [0.4, 0.5) is 0 Å². The standard InChI is InChI=1S/C4H6O2.C3H4O2.ClH.Na.H/c1-3(2)4(5)6;1-2-3(4)5;;;/h1H2,2H3,(H,5,6);2H,1H2,(H,4,5);1H;;. The number of hydrogen-bond acceptors (Lipinski definition) is 2. The van der Waals surface area contributed by atoms with E-state index in [1.54, 1.807) is 0 Å². The van der Waals surface area contributed by atoms with E-state index in [0.717, 1.165) is 6.08 Å². The van der Waals surface area contributed by atoms with E-state index in [-0.39, 0.29) is 47.5 Å². The van der Waals surface area contributed by atoms with Crippen molar-refractivity contribution in [2.75, 3.05) is 0 Å². The molecule has 0 fully saturated rings. The number of carboxylic acids is 2. The van der Waals surface area contributed by atoms with Crippen molar-refractivity contribution in [3.63, 3.8) is 0 Å². The molecule has 0 bridgehead atoms. The van der Waals surface area contributed by atoms with Crippen LogP contribution in [0.2, 0.25) is 0 Å². The van der Waals surface area contributed by atoms with Crippen molar-refractivity contribution in [1.29, 1.82) is 0 Å². The normalized spacial score (nSPS) is 5.92. The van der Waals surface area contributed by atoms with Gasteiger partial charge in [-0.25, -0.2) is 9.59 Å². The van der Waals surface area contributed by atoms with Gasteiger partial charge in [0.2, 0.25) is 0 Å². The van der Waals surface area contributed by atoms with Crippen LogP contribution in [0.15, 0.2) is 24.8 Å². The van der Waals surface area contributed by atoms with Gasteiger partial charge in [0.25, 0.3) is 0 Å². The zero-order chi connectivity index (χ0) is 9.44. The van der Waals surface area contributed by atoms with Gasteiger partial charge >= 0.3 is 41.5 Å². The monoisotopic (exact) mass is 218 g/mol. The van der Waals surface area contributed by atoms with Gasteiger partial charge in [0.05, 0.1) is 0 Å². The van der Waals surface area contributed by atoms with Crippen LogP contribution >= 0.6 is 12.4 Å². The molecule has 72 valence electrons. The summed E-state index contributed by atoms with van der Waals surface area (Å²) in [4.78, 5) is 18.8. The number of carboxylic acid groups (broad SMARTS) is 2. The summed E-state index contributed by atoms with van der Waals surface area (Å²) in [5.41, 5.74) is 0.176. The summed E-state index contributed by atoms with van der Waals surface area (Å²) >= 11 is 0. The van der Waals surface area contributed by atoms with Gasteiger partial charge in [-0.3, -0.25) is 0 Å². The van der Waals surface area contributed by atoms with Crippen molar-refractivity contribution in [3.8, 4) is 0 Å². The molecular formula is C7H12ClNaO4. The van der Waals surface area contributed by atoms with Crippen molar-refractivity contribution in [2.45, 2.75) is 6.92 Å². The molecule has 0 aliphatic heterocycles. The number of halogens is 1. The summed E-state index contributed by atoms with van der Waals surface area (Å²) in [5.74, 6) is -1.92. The zero-order valence-corrected chi connectivity index (χ0v) is 7.43. The van der Waals surface area contributed by atoms with Gasteiger partial charge in [0.1, 0.15) is 0 Å². The van der Waals surface area contributed by atoms with Crippen molar-refractivity contribution in [1.82, 2.24) is 0 Å². The second-order valence-corrected chi connectivity index (χ2v) is 1.63. The van der Waals surface area contributed by atoms with Crippen molar-refractivity contribution < 1.29 is 19.8 Å². The molecule has 0 radical (unpaired) electrons. The molecule has 4 nitrogen and oxygen atoms in total. The van der Waals surface area contributed by atoms with Crippen molar-refractivity contribution in [2.24, 2.45) is 0 Å². The zero-order valence-electron chi connectivity index (χ0n) is 6.61. The minimum atomic E-state index is -0.981. The quantitative estimate of drug-likeness (QED) is 0.528. The molecule has 0 saturated heterocycles. The molecule has 2 N–H and O–H groups in total. The predicted molar refractivity (Wildman–Crippen MR) is 54.7 cm³/mol. The molecule has 0 saturated carbocycles. The molecular weight excluding hydrogens is 207 g/mol. The Morgan fingerprint density at radius 3 is 1.46 bits per heavy atom. The molecule has 0 amide bonds.